The normalized spacial score (nSPS) is 10.6. The van der Waals surface area contributed by atoms with Crippen LogP contribution in [-0.4, -0.2) is 30.1 Å². The highest BCUT2D eigenvalue weighted by Crippen LogP contribution is 2.22. The molecule has 1 N–H and O–H groups in total. The molecular formula is C17H22ClNO5. The Morgan fingerprint density at radius 2 is 1.67 bits per heavy atom. The Bertz CT molecular complexity index is 613. The van der Waals surface area contributed by atoms with Crippen molar-refractivity contribution in [1.29, 1.82) is 0 Å². The van der Waals surface area contributed by atoms with Gasteiger partial charge in [0, 0.05) is 12.1 Å². The van der Waals surface area contributed by atoms with Crippen LogP contribution in [0, 0.1) is 0 Å². The molecule has 1 aromatic rings. The van der Waals surface area contributed by atoms with Crippen LogP contribution >= 0.6 is 11.6 Å². The number of carbonyl (C=O) groups is 3. The lowest BCUT2D eigenvalue weighted by Crippen LogP contribution is -2.17. The Balaban J connectivity index is 2.66. The summed E-state index contributed by atoms with van der Waals surface area (Å²) in [6.45, 7) is 6.94. The van der Waals surface area contributed by atoms with Crippen LogP contribution in [0.1, 0.15) is 50.9 Å². The second kappa shape index (κ2) is 9.27. The topological polar surface area (TPSA) is 81.7 Å². The Morgan fingerprint density at radius 3 is 2.25 bits per heavy atom. The van der Waals surface area contributed by atoms with Crippen molar-refractivity contribution in [3.8, 4) is 0 Å². The van der Waals surface area contributed by atoms with Crippen molar-refractivity contribution in [2.24, 2.45) is 0 Å². The van der Waals surface area contributed by atoms with Crippen molar-refractivity contribution in [1.82, 2.24) is 0 Å². The monoisotopic (exact) mass is 355 g/mol. The molecule has 0 bridgehead atoms. The van der Waals surface area contributed by atoms with Gasteiger partial charge in [0.25, 0.3) is 0 Å². The molecule has 132 valence electrons. The molecule has 1 aromatic carbocycles. The van der Waals surface area contributed by atoms with Gasteiger partial charge in [0.05, 0.1) is 29.2 Å². The number of amides is 1. The molecule has 0 saturated heterocycles. The Morgan fingerprint density at radius 1 is 1.04 bits per heavy atom. The van der Waals surface area contributed by atoms with E-state index in [4.69, 9.17) is 21.1 Å². The van der Waals surface area contributed by atoms with Gasteiger partial charge in [-0.05, 0) is 45.9 Å². The van der Waals surface area contributed by atoms with Crippen LogP contribution in [0.3, 0.4) is 0 Å². The molecule has 0 atom stereocenters. The predicted octanol–water partition coefficient (Wildman–Crippen LogP) is 3.58. The number of hydrogen-bond acceptors (Lipinski definition) is 5. The van der Waals surface area contributed by atoms with E-state index in [1.165, 1.54) is 12.1 Å². The maximum Gasteiger partial charge on any atom is 0.339 e. The largest absolute Gasteiger partial charge is 0.463 e. The van der Waals surface area contributed by atoms with E-state index < -0.39 is 11.9 Å². The number of rotatable bonds is 7. The molecule has 0 unspecified atom stereocenters. The fourth-order valence-electron chi connectivity index (χ4n) is 1.80. The first-order valence-corrected chi connectivity index (χ1v) is 8.06. The van der Waals surface area contributed by atoms with E-state index in [0.29, 0.717) is 5.69 Å². The highest BCUT2D eigenvalue weighted by atomic mass is 35.5. The fraction of sp³-hybridized carbons (Fsp3) is 0.471. The van der Waals surface area contributed by atoms with Gasteiger partial charge in [-0.15, -0.1) is 0 Å². The summed E-state index contributed by atoms with van der Waals surface area (Å²) in [6.07, 6.45) is -0.523. The van der Waals surface area contributed by atoms with Gasteiger partial charge in [-0.3, -0.25) is 9.59 Å². The third-order valence-electron chi connectivity index (χ3n) is 2.74. The number of hydrogen-bond donors (Lipinski definition) is 1. The summed E-state index contributed by atoms with van der Waals surface area (Å²) in [7, 11) is 0. The fourth-order valence-corrected chi connectivity index (χ4v) is 1.99. The predicted molar refractivity (Wildman–Crippen MR) is 91.1 cm³/mol. The van der Waals surface area contributed by atoms with Gasteiger partial charge >= 0.3 is 11.9 Å². The summed E-state index contributed by atoms with van der Waals surface area (Å²) >= 11 is 5.99. The third-order valence-corrected chi connectivity index (χ3v) is 3.07. The maximum absolute atomic E-state index is 12.0. The van der Waals surface area contributed by atoms with Gasteiger partial charge in [-0.1, -0.05) is 11.6 Å². The van der Waals surface area contributed by atoms with Crippen LogP contribution in [0.25, 0.3) is 0 Å². The van der Waals surface area contributed by atoms with Gasteiger partial charge < -0.3 is 14.8 Å². The molecule has 1 amide bonds. The van der Waals surface area contributed by atoms with E-state index in [0.717, 1.165) is 0 Å². The van der Waals surface area contributed by atoms with Gasteiger partial charge in [0.2, 0.25) is 5.91 Å². The second-order valence-corrected chi connectivity index (χ2v) is 6.14. The van der Waals surface area contributed by atoms with E-state index in [1.807, 2.05) is 0 Å². The van der Waals surface area contributed by atoms with E-state index in [1.54, 1.807) is 33.8 Å². The van der Waals surface area contributed by atoms with Crippen LogP contribution in [0.15, 0.2) is 18.2 Å². The lowest BCUT2D eigenvalue weighted by molar-refractivity contribution is -0.148. The Hall–Kier alpha value is -2.08. The maximum atomic E-state index is 12.0. The first-order chi connectivity index (χ1) is 11.2. The second-order valence-electron chi connectivity index (χ2n) is 5.74. The third kappa shape index (κ3) is 7.00. The average molecular weight is 356 g/mol. The van der Waals surface area contributed by atoms with Crippen molar-refractivity contribution >= 4 is 35.1 Å². The molecule has 0 radical (unpaired) electrons. The zero-order valence-corrected chi connectivity index (χ0v) is 15.0. The van der Waals surface area contributed by atoms with E-state index >= 15 is 0 Å². The molecule has 0 aliphatic rings. The Kier molecular flexibility index (Phi) is 7.71. The number of ether oxygens (including phenoxy) is 2. The summed E-state index contributed by atoms with van der Waals surface area (Å²) in [4.78, 5) is 35.2. The minimum absolute atomic E-state index is 0.0139. The number of nitrogens with one attached hydrogen (secondary N) is 1. The molecule has 0 aliphatic carbocycles. The van der Waals surface area contributed by atoms with Gasteiger partial charge in [0.1, 0.15) is 0 Å². The molecule has 24 heavy (non-hydrogen) atoms. The minimum atomic E-state index is -0.563. The van der Waals surface area contributed by atoms with Crippen LogP contribution in [0.4, 0.5) is 5.69 Å². The van der Waals surface area contributed by atoms with Crippen molar-refractivity contribution < 1.29 is 23.9 Å². The standard InChI is InChI=1S/C17H22ClNO5/c1-10(2)23-16(21)8-7-15(20)19-12-5-6-14(18)13(9-12)17(22)24-11(3)4/h5-6,9-11H,7-8H2,1-4H3,(H,19,20). The van der Waals surface area contributed by atoms with E-state index in [2.05, 4.69) is 5.32 Å². The zero-order chi connectivity index (χ0) is 18.3. The summed E-state index contributed by atoms with van der Waals surface area (Å²) in [6, 6.07) is 4.51. The Labute approximate surface area is 146 Å². The van der Waals surface area contributed by atoms with Crippen LogP contribution < -0.4 is 5.32 Å². The molecule has 0 spiro atoms. The quantitative estimate of drug-likeness (QED) is 0.756. The van der Waals surface area contributed by atoms with Crippen molar-refractivity contribution in [3.63, 3.8) is 0 Å². The summed E-state index contributed by atoms with van der Waals surface area (Å²) < 4.78 is 10.1. The average Bonchev–Trinajstić information content (AvgIpc) is 2.45. The molecule has 7 heteroatoms. The number of halogens is 1. The molecule has 6 nitrogen and oxygen atoms in total. The van der Waals surface area contributed by atoms with Gasteiger partial charge in [-0.25, -0.2) is 4.79 Å². The molecular weight excluding hydrogens is 334 g/mol. The van der Waals surface area contributed by atoms with Crippen molar-refractivity contribution in [2.75, 3.05) is 5.32 Å². The van der Waals surface area contributed by atoms with Crippen LogP contribution in [0.5, 0.6) is 0 Å². The van der Waals surface area contributed by atoms with E-state index in [9.17, 15) is 14.4 Å². The smallest absolute Gasteiger partial charge is 0.339 e. The minimum Gasteiger partial charge on any atom is -0.463 e. The van der Waals surface area contributed by atoms with Crippen molar-refractivity contribution in [3.05, 3.63) is 28.8 Å². The molecule has 0 fully saturated rings. The van der Waals surface area contributed by atoms with Gasteiger partial charge in [0.15, 0.2) is 0 Å². The molecule has 0 aromatic heterocycles. The van der Waals surface area contributed by atoms with Crippen LogP contribution in [0.2, 0.25) is 5.02 Å². The highest BCUT2D eigenvalue weighted by Gasteiger charge is 2.15. The van der Waals surface area contributed by atoms with E-state index in [-0.39, 0.29) is 41.5 Å². The first kappa shape index (κ1) is 20.0. The van der Waals surface area contributed by atoms with Gasteiger partial charge in [-0.2, -0.15) is 0 Å². The summed E-state index contributed by atoms with van der Waals surface area (Å²) in [5.74, 6) is -1.36. The molecule has 1 rings (SSSR count). The number of esters is 2. The molecule has 0 aliphatic heterocycles. The first-order valence-electron chi connectivity index (χ1n) is 7.69. The lowest BCUT2D eigenvalue weighted by atomic mass is 10.2. The molecule has 0 heterocycles. The SMILES string of the molecule is CC(C)OC(=O)CCC(=O)Nc1ccc(Cl)c(C(=O)OC(C)C)c1. The van der Waals surface area contributed by atoms with Crippen molar-refractivity contribution in [2.45, 2.75) is 52.7 Å². The lowest BCUT2D eigenvalue weighted by Gasteiger charge is -2.11. The summed E-state index contributed by atoms with van der Waals surface area (Å²) in [5, 5.41) is 2.85. The highest BCUT2D eigenvalue weighted by molar-refractivity contribution is 6.33. The number of benzene rings is 1. The molecule has 0 saturated carbocycles. The van der Waals surface area contributed by atoms with Crippen LogP contribution in [-0.2, 0) is 19.1 Å². The zero-order valence-electron chi connectivity index (χ0n) is 14.2. The number of anilines is 1. The number of carbonyl (C=O) groups excluding carboxylic acids is 3. The summed E-state index contributed by atoms with van der Waals surface area (Å²) in [5.41, 5.74) is 0.569.